The Labute approximate surface area is 116 Å². The van der Waals surface area contributed by atoms with Gasteiger partial charge in [0.15, 0.2) is 0 Å². The molecule has 0 unspecified atom stereocenters. The maximum atomic E-state index is 12.4. The largest absolute Gasteiger partial charge is 0.433 e. The average molecular weight is 299 g/mol. The molecule has 1 N–H and O–H groups in total. The number of thiazole rings is 1. The van der Waals surface area contributed by atoms with Crippen molar-refractivity contribution in [3.63, 3.8) is 0 Å². The number of aromatic nitrogens is 2. The molecule has 0 bridgehead atoms. The molecule has 0 fully saturated rings. The third-order valence-electron chi connectivity index (χ3n) is 2.15. The number of hydrogen-bond donors (Lipinski definition) is 1. The normalized spacial score (nSPS) is 11.8. The number of halogens is 3. The fraction of sp³-hybridized carbons (Fsp3) is 0.0833. The van der Waals surface area contributed by atoms with Crippen LogP contribution >= 0.6 is 11.3 Å². The summed E-state index contributed by atoms with van der Waals surface area (Å²) in [6, 6.07) is 3.29. The van der Waals surface area contributed by atoms with E-state index in [1.54, 1.807) is 10.9 Å². The van der Waals surface area contributed by atoms with Gasteiger partial charge in [0.05, 0.1) is 11.2 Å². The molecule has 0 aromatic carbocycles. The van der Waals surface area contributed by atoms with Crippen LogP contribution in [-0.4, -0.2) is 15.9 Å². The zero-order valence-corrected chi connectivity index (χ0v) is 10.7. The molecule has 2 aromatic rings. The van der Waals surface area contributed by atoms with Gasteiger partial charge in [-0.3, -0.25) is 4.79 Å². The summed E-state index contributed by atoms with van der Waals surface area (Å²) in [5.74, 6) is -0.738. The SMILES string of the molecule is O=C(/C=C/c1cscn1)Nc1cccc(C(F)(F)F)n1. The molecule has 0 aliphatic rings. The van der Waals surface area contributed by atoms with Gasteiger partial charge >= 0.3 is 6.18 Å². The summed E-state index contributed by atoms with van der Waals surface area (Å²) in [6.07, 6.45) is -1.91. The Morgan fingerprint density at radius 3 is 2.80 bits per heavy atom. The number of nitrogens with one attached hydrogen (secondary N) is 1. The molecule has 104 valence electrons. The summed E-state index contributed by atoms with van der Waals surface area (Å²) < 4.78 is 37.3. The Morgan fingerprint density at radius 2 is 2.15 bits per heavy atom. The van der Waals surface area contributed by atoms with E-state index >= 15 is 0 Å². The standard InChI is InChI=1S/C12H8F3N3OS/c13-12(14,15)9-2-1-3-10(17-9)18-11(19)5-4-8-6-20-7-16-8/h1-7H,(H,17,18,19)/b5-4+. The van der Waals surface area contributed by atoms with Crippen LogP contribution in [0.1, 0.15) is 11.4 Å². The predicted octanol–water partition coefficient (Wildman–Crippen LogP) is 3.21. The number of hydrogen-bond acceptors (Lipinski definition) is 4. The highest BCUT2D eigenvalue weighted by Crippen LogP contribution is 2.28. The summed E-state index contributed by atoms with van der Waals surface area (Å²) in [6.45, 7) is 0. The number of carbonyl (C=O) groups excluding carboxylic acids is 1. The minimum Gasteiger partial charge on any atom is -0.307 e. The number of alkyl halides is 3. The smallest absolute Gasteiger partial charge is 0.307 e. The van der Waals surface area contributed by atoms with E-state index in [0.29, 0.717) is 5.69 Å². The first-order valence-electron chi connectivity index (χ1n) is 5.36. The van der Waals surface area contributed by atoms with Gasteiger partial charge in [0, 0.05) is 11.5 Å². The molecule has 0 atom stereocenters. The summed E-state index contributed by atoms with van der Waals surface area (Å²) in [5.41, 5.74) is 1.15. The van der Waals surface area contributed by atoms with E-state index < -0.39 is 17.8 Å². The zero-order chi connectivity index (χ0) is 14.6. The quantitative estimate of drug-likeness (QED) is 0.885. The lowest BCUT2D eigenvalue weighted by Gasteiger charge is -2.07. The van der Waals surface area contributed by atoms with E-state index in [-0.39, 0.29) is 5.82 Å². The lowest BCUT2D eigenvalue weighted by molar-refractivity contribution is -0.141. The molecule has 0 radical (unpaired) electrons. The van der Waals surface area contributed by atoms with Crippen LogP contribution in [0.5, 0.6) is 0 Å². The van der Waals surface area contributed by atoms with Crippen LogP contribution in [0.4, 0.5) is 19.0 Å². The van der Waals surface area contributed by atoms with Crippen molar-refractivity contribution in [1.29, 1.82) is 0 Å². The molecule has 0 aliphatic heterocycles. The van der Waals surface area contributed by atoms with Crippen LogP contribution in [0.25, 0.3) is 6.08 Å². The van der Waals surface area contributed by atoms with Crippen LogP contribution in [0, 0.1) is 0 Å². The molecular formula is C12H8F3N3OS. The van der Waals surface area contributed by atoms with Crippen LogP contribution in [0.15, 0.2) is 35.2 Å². The second-order valence-corrected chi connectivity index (χ2v) is 4.36. The molecule has 20 heavy (non-hydrogen) atoms. The molecule has 1 amide bonds. The Morgan fingerprint density at radius 1 is 1.35 bits per heavy atom. The van der Waals surface area contributed by atoms with Gasteiger partial charge in [0.1, 0.15) is 11.5 Å². The molecule has 0 aliphatic carbocycles. The van der Waals surface area contributed by atoms with Crippen molar-refractivity contribution in [3.05, 3.63) is 46.6 Å². The number of amides is 1. The number of nitrogens with zero attached hydrogens (tertiary/aromatic N) is 2. The van der Waals surface area contributed by atoms with E-state index in [1.807, 2.05) is 0 Å². The van der Waals surface area contributed by atoms with Crippen molar-refractivity contribution < 1.29 is 18.0 Å². The summed E-state index contributed by atoms with van der Waals surface area (Å²) >= 11 is 1.37. The molecule has 4 nitrogen and oxygen atoms in total. The number of anilines is 1. The minimum atomic E-state index is -4.54. The van der Waals surface area contributed by atoms with E-state index in [4.69, 9.17) is 0 Å². The van der Waals surface area contributed by atoms with Crippen molar-refractivity contribution in [2.24, 2.45) is 0 Å². The average Bonchev–Trinajstić information content (AvgIpc) is 2.89. The van der Waals surface area contributed by atoms with Crippen LogP contribution < -0.4 is 5.32 Å². The topological polar surface area (TPSA) is 54.9 Å². The Kier molecular flexibility index (Phi) is 4.14. The molecule has 8 heteroatoms. The van der Waals surface area contributed by atoms with E-state index in [1.165, 1.54) is 35.6 Å². The highest BCUT2D eigenvalue weighted by molar-refractivity contribution is 7.07. The fourth-order valence-electron chi connectivity index (χ4n) is 1.30. The zero-order valence-electron chi connectivity index (χ0n) is 9.89. The summed E-state index contributed by atoms with van der Waals surface area (Å²) in [5, 5.41) is 3.98. The fourth-order valence-corrected chi connectivity index (χ4v) is 1.82. The predicted molar refractivity (Wildman–Crippen MR) is 69.0 cm³/mol. The minimum absolute atomic E-state index is 0.159. The third-order valence-corrected chi connectivity index (χ3v) is 2.75. The Bertz CT molecular complexity index is 623. The van der Waals surface area contributed by atoms with Gasteiger partial charge in [-0.2, -0.15) is 13.2 Å². The van der Waals surface area contributed by atoms with Gasteiger partial charge in [-0.1, -0.05) is 6.07 Å². The monoisotopic (exact) mass is 299 g/mol. The highest BCUT2D eigenvalue weighted by Gasteiger charge is 2.32. The third kappa shape index (κ3) is 3.89. The second kappa shape index (κ2) is 5.83. The highest BCUT2D eigenvalue weighted by atomic mass is 32.1. The van der Waals surface area contributed by atoms with Gasteiger partial charge in [0.2, 0.25) is 5.91 Å². The first-order valence-corrected chi connectivity index (χ1v) is 6.31. The molecule has 0 spiro atoms. The number of pyridine rings is 1. The van der Waals surface area contributed by atoms with E-state index in [2.05, 4.69) is 15.3 Å². The molecule has 2 heterocycles. The Hall–Kier alpha value is -2.22. The van der Waals surface area contributed by atoms with Crippen molar-refractivity contribution >= 4 is 29.1 Å². The van der Waals surface area contributed by atoms with Gasteiger partial charge in [-0.15, -0.1) is 11.3 Å². The van der Waals surface area contributed by atoms with Gasteiger partial charge in [0.25, 0.3) is 0 Å². The molecular weight excluding hydrogens is 291 g/mol. The van der Waals surface area contributed by atoms with Crippen LogP contribution in [-0.2, 0) is 11.0 Å². The molecule has 2 aromatic heterocycles. The van der Waals surface area contributed by atoms with Gasteiger partial charge in [-0.25, -0.2) is 9.97 Å². The second-order valence-electron chi connectivity index (χ2n) is 3.64. The molecule has 0 saturated carbocycles. The first kappa shape index (κ1) is 14.2. The van der Waals surface area contributed by atoms with E-state index in [9.17, 15) is 18.0 Å². The van der Waals surface area contributed by atoms with Crippen molar-refractivity contribution in [1.82, 2.24) is 9.97 Å². The molecule has 2 rings (SSSR count). The maximum Gasteiger partial charge on any atom is 0.433 e. The Balaban J connectivity index is 2.05. The van der Waals surface area contributed by atoms with Crippen LogP contribution in [0.2, 0.25) is 0 Å². The summed E-state index contributed by atoms with van der Waals surface area (Å²) in [4.78, 5) is 18.8. The maximum absolute atomic E-state index is 12.4. The number of carbonyl (C=O) groups is 1. The molecule has 0 saturated heterocycles. The number of rotatable bonds is 3. The lowest BCUT2D eigenvalue weighted by atomic mass is 10.3. The van der Waals surface area contributed by atoms with Crippen molar-refractivity contribution in [2.75, 3.05) is 5.32 Å². The van der Waals surface area contributed by atoms with E-state index in [0.717, 1.165) is 6.07 Å². The van der Waals surface area contributed by atoms with Gasteiger partial charge < -0.3 is 5.32 Å². The van der Waals surface area contributed by atoms with Crippen molar-refractivity contribution in [2.45, 2.75) is 6.18 Å². The van der Waals surface area contributed by atoms with Crippen molar-refractivity contribution in [3.8, 4) is 0 Å². The van der Waals surface area contributed by atoms with Crippen LogP contribution in [0.3, 0.4) is 0 Å². The van der Waals surface area contributed by atoms with Gasteiger partial charge in [-0.05, 0) is 18.2 Å². The summed E-state index contributed by atoms with van der Waals surface area (Å²) in [7, 11) is 0. The first-order chi connectivity index (χ1) is 9.45. The lowest BCUT2D eigenvalue weighted by Crippen LogP contribution is -2.13.